The molecule has 5 N–H and O–H groups in total. The minimum Gasteiger partial charge on any atom is -0.504 e. The fourth-order valence-corrected chi connectivity index (χ4v) is 2.28. The first kappa shape index (κ1) is 19.2. The molecular weight excluding hydrogens is 336 g/mol. The monoisotopic (exact) mass is 356 g/mol. The van der Waals surface area contributed by atoms with E-state index >= 15 is 0 Å². The van der Waals surface area contributed by atoms with E-state index in [-0.39, 0.29) is 11.5 Å². The molecule has 25 heavy (non-hydrogen) atoms. The molecule has 1 aliphatic rings. The van der Waals surface area contributed by atoms with Crippen LogP contribution in [0.1, 0.15) is 5.56 Å². The Morgan fingerprint density at radius 2 is 1.96 bits per heavy atom. The lowest BCUT2D eigenvalue weighted by Crippen LogP contribution is -2.59. The third kappa shape index (κ3) is 4.47. The lowest BCUT2D eigenvalue weighted by molar-refractivity contribution is -0.291. The Kier molecular flexibility index (Phi) is 6.34. The maximum absolute atomic E-state index is 11.8. The molecule has 5 atom stereocenters. The fourth-order valence-electron chi connectivity index (χ4n) is 2.28. The Hall–Kier alpha value is -2.17. The number of phenols is 1. The molecule has 0 unspecified atom stereocenters. The number of methoxy groups -OCH3 is 1. The number of carbonyl (C=O) groups excluding carboxylic acids is 1. The van der Waals surface area contributed by atoms with Crippen molar-refractivity contribution in [1.29, 1.82) is 0 Å². The number of carbonyl (C=O) groups is 1. The van der Waals surface area contributed by atoms with Gasteiger partial charge in [-0.15, -0.1) is 0 Å². The van der Waals surface area contributed by atoms with E-state index in [1.807, 2.05) is 0 Å². The van der Waals surface area contributed by atoms with Gasteiger partial charge in [-0.3, -0.25) is 0 Å². The Bertz CT molecular complexity index is 628. The average molecular weight is 356 g/mol. The van der Waals surface area contributed by atoms with Gasteiger partial charge in [0.15, 0.2) is 11.5 Å². The molecule has 0 saturated carbocycles. The highest BCUT2D eigenvalue weighted by atomic mass is 16.7. The summed E-state index contributed by atoms with van der Waals surface area (Å²) in [4.78, 5) is 11.8. The third-order valence-electron chi connectivity index (χ3n) is 3.70. The minimum atomic E-state index is -1.66. The molecule has 1 aromatic carbocycles. The minimum absolute atomic E-state index is 0.0523. The molecule has 0 radical (unpaired) electrons. The Balaban J connectivity index is 2.01. The van der Waals surface area contributed by atoms with Gasteiger partial charge in [-0.1, -0.05) is 6.07 Å². The summed E-state index contributed by atoms with van der Waals surface area (Å²) in [7, 11) is 1.38. The van der Waals surface area contributed by atoms with Crippen LogP contribution in [0.5, 0.6) is 11.5 Å². The van der Waals surface area contributed by atoms with Gasteiger partial charge in [-0.25, -0.2) is 4.79 Å². The topological polar surface area (TPSA) is 146 Å². The second-order valence-electron chi connectivity index (χ2n) is 5.40. The van der Waals surface area contributed by atoms with Crippen LogP contribution in [0.4, 0.5) is 0 Å². The summed E-state index contributed by atoms with van der Waals surface area (Å²) in [5.74, 6) is -0.704. The highest BCUT2D eigenvalue weighted by Crippen LogP contribution is 2.27. The molecule has 1 saturated heterocycles. The van der Waals surface area contributed by atoms with Crippen LogP contribution in [0.15, 0.2) is 24.3 Å². The fraction of sp³-hybridized carbons (Fsp3) is 0.438. The van der Waals surface area contributed by atoms with Crippen LogP contribution in [0.25, 0.3) is 6.08 Å². The molecule has 1 aliphatic heterocycles. The number of hydrogen-bond donors (Lipinski definition) is 5. The van der Waals surface area contributed by atoms with Gasteiger partial charge >= 0.3 is 5.97 Å². The van der Waals surface area contributed by atoms with Crippen LogP contribution in [-0.2, 0) is 14.3 Å². The summed E-state index contributed by atoms with van der Waals surface area (Å²) in [5.41, 5.74) is 0.542. The van der Waals surface area contributed by atoms with Crippen LogP contribution in [0, 0.1) is 0 Å². The molecule has 0 amide bonds. The van der Waals surface area contributed by atoms with Crippen LogP contribution in [-0.4, -0.2) is 75.9 Å². The number of rotatable bonds is 5. The molecule has 2 rings (SSSR count). The average Bonchev–Trinajstić information content (AvgIpc) is 2.61. The van der Waals surface area contributed by atoms with Crippen LogP contribution >= 0.6 is 0 Å². The largest absolute Gasteiger partial charge is 0.504 e. The summed E-state index contributed by atoms with van der Waals surface area (Å²) in [6.45, 7) is -0.623. The molecule has 0 aromatic heterocycles. The second kappa shape index (κ2) is 8.28. The van der Waals surface area contributed by atoms with E-state index in [2.05, 4.69) is 0 Å². The molecule has 9 heteroatoms. The maximum atomic E-state index is 11.8. The zero-order valence-electron chi connectivity index (χ0n) is 13.3. The van der Waals surface area contributed by atoms with E-state index in [9.17, 15) is 25.2 Å². The first-order chi connectivity index (χ1) is 11.9. The Labute approximate surface area is 143 Å². The predicted octanol–water partition coefficient (Wildman–Crippen LogP) is -1.24. The molecule has 1 heterocycles. The van der Waals surface area contributed by atoms with E-state index in [0.29, 0.717) is 5.56 Å². The van der Waals surface area contributed by atoms with Crippen LogP contribution < -0.4 is 4.74 Å². The molecular formula is C16H20O9. The molecule has 1 aromatic rings. The van der Waals surface area contributed by atoms with Crippen molar-refractivity contribution in [1.82, 2.24) is 0 Å². The smallest absolute Gasteiger partial charge is 0.333 e. The number of ether oxygens (including phenoxy) is 3. The summed E-state index contributed by atoms with van der Waals surface area (Å²) in [5, 5.41) is 47.7. The SMILES string of the molecule is COc1cc(/C=C/C(=O)O[C@H]2O[C@H](CO)[C@@H](O)[C@H](O)[C@H]2O)ccc1O. The van der Waals surface area contributed by atoms with Crippen molar-refractivity contribution in [2.45, 2.75) is 30.7 Å². The number of phenolic OH excluding ortho intramolecular Hbond substituents is 1. The van der Waals surface area contributed by atoms with Crippen molar-refractivity contribution in [3.63, 3.8) is 0 Å². The number of aliphatic hydroxyl groups is 4. The molecule has 138 valence electrons. The van der Waals surface area contributed by atoms with E-state index in [1.54, 1.807) is 0 Å². The van der Waals surface area contributed by atoms with Gasteiger partial charge in [0.1, 0.15) is 24.4 Å². The lowest BCUT2D eigenvalue weighted by Gasteiger charge is -2.38. The van der Waals surface area contributed by atoms with Crippen molar-refractivity contribution in [2.75, 3.05) is 13.7 Å². The Morgan fingerprint density at radius 1 is 1.24 bits per heavy atom. The zero-order chi connectivity index (χ0) is 18.6. The van der Waals surface area contributed by atoms with Gasteiger partial charge in [0.25, 0.3) is 0 Å². The number of aliphatic hydroxyl groups excluding tert-OH is 4. The molecule has 0 spiro atoms. The number of benzene rings is 1. The van der Waals surface area contributed by atoms with Gasteiger partial charge in [-0.2, -0.15) is 0 Å². The number of esters is 1. The van der Waals surface area contributed by atoms with E-state index in [0.717, 1.165) is 6.08 Å². The molecule has 0 bridgehead atoms. The van der Waals surface area contributed by atoms with Crippen molar-refractivity contribution in [3.8, 4) is 11.5 Å². The standard InChI is InChI=1S/C16H20O9/c1-23-10-6-8(2-4-9(10)18)3-5-12(19)25-16-15(22)14(21)13(20)11(7-17)24-16/h2-6,11,13-18,20-22H,7H2,1H3/b5-3+/t11-,13-,14+,15-,16-/m1/s1. The second-order valence-corrected chi connectivity index (χ2v) is 5.40. The van der Waals surface area contributed by atoms with E-state index < -0.39 is 43.3 Å². The number of hydrogen-bond acceptors (Lipinski definition) is 9. The highest BCUT2D eigenvalue weighted by molar-refractivity contribution is 5.87. The van der Waals surface area contributed by atoms with Crippen molar-refractivity contribution in [3.05, 3.63) is 29.8 Å². The van der Waals surface area contributed by atoms with Crippen LogP contribution in [0.2, 0.25) is 0 Å². The van der Waals surface area contributed by atoms with Crippen molar-refractivity contribution >= 4 is 12.0 Å². The predicted molar refractivity (Wildman–Crippen MR) is 83.6 cm³/mol. The van der Waals surface area contributed by atoms with Gasteiger partial charge in [0.2, 0.25) is 6.29 Å². The van der Waals surface area contributed by atoms with Crippen LogP contribution in [0.3, 0.4) is 0 Å². The Morgan fingerprint density at radius 3 is 2.60 bits per heavy atom. The molecule has 9 nitrogen and oxygen atoms in total. The first-order valence-electron chi connectivity index (χ1n) is 7.43. The van der Waals surface area contributed by atoms with Gasteiger partial charge < -0.3 is 39.7 Å². The zero-order valence-corrected chi connectivity index (χ0v) is 13.3. The van der Waals surface area contributed by atoms with Crippen molar-refractivity contribution < 1.29 is 44.5 Å². The summed E-state index contributed by atoms with van der Waals surface area (Å²) in [6, 6.07) is 4.42. The highest BCUT2D eigenvalue weighted by Gasteiger charge is 2.45. The van der Waals surface area contributed by atoms with E-state index in [4.69, 9.17) is 19.3 Å². The normalized spacial score (nSPS) is 29.6. The van der Waals surface area contributed by atoms with Gasteiger partial charge in [0, 0.05) is 6.08 Å². The first-order valence-corrected chi connectivity index (χ1v) is 7.43. The van der Waals surface area contributed by atoms with Crippen molar-refractivity contribution in [2.24, 2.45) is 0 Å². The lowest BCUT2D eigenvalue weighted by atomic mass is 9.99. The summed E-state index contributed by atoms with van der Waals surface area (Å²) >= 11 is 0. The maximum Gasteiger partial charge on any atom is 0.333 e. The number of aromatic hydroxyl groups is 1. The molecule has 0 aliphatic carbocycles. The molecule has 1 fully saturated rings. The van der Waals surface area contributed by atoms with E-state index in [1.165, 1.54) is 31.4 Å². The summed E-state index contributed by atoms with van der Waals surface area (Å²) in [6.07, 6.45) is -5.10. The third-order valence-corrected chi connectivity index (χ3v) is 3.70. The van der Waals surface area contributed by atoms with Gasteiger partial charge in [0.05, 0.1) is 13.7 Å². The van der Waals surface area contributed by atoms with Gasteiger partial charge in [-0.05, 0) is 23.8 Å². The summed E-state index contributed by atoms with van der Waals surface area (Å²) < 4.78 is 14.9. The quantitative estimate of drug-likeness (QED) is 0.323.